The molecule has 1 amide bonds. The molecule has 0 aromatic rings. The van der Waals surface area contributed by atoms with Crippen LogP contribution in [0, 0.1) is 0 Å². The molecule has 54 valence electrons. The Balaban J connectivity index is 2.49. The lowest BCUT2D eigenvalue weighted by molar-refractivity contribution is 0.289. The lowest BCUT2D eigenvalue weighted by Gasteiger charge is -2.27. The largest absolute Gasteiger partial charge is 0.321 e. The molecule has 0 saturated carbocycles. The number of piperazine rings is 1. The lowest BCUT2D eigenvalue weighted by atomic mass is 10.2. The van der Waals surface area contributed by atoms with Crippen molar-refractivity contribution in [3.05, 3.63) is 0 Å². The highest BCUT2D eigenvalue weighted by Gasteiger charge is 2.20. The molecule has 0 aromatic carbocycles. The van der Waals surface area contributed by atoms with Crippen LogP contribution in [-0.2, 0) is 9.59 Å². The fourth-order valence-corrected chi connectivity index (χ4v) is 0.919. The highest BCUT2D eigenvalue weighted by molar-refractivity contribution is 5.65. The highest BCUT2D eigenvalue weighted by atomic mass is 16.1. The Morgan fingerprint density at radius 1 is 1.50 bits per heavy atom. The van der Waals surface area contributed by atoms with E-state index in [0.717, 1.165) is 6.54 Å². The van der Waals surface area contributed by atoms with Crippen molar-refractivity contribution in [3.8, 4) is 0 Å². The van der Waals surface area contributed by atoms with Gasteiger partial charge in [-0.15, -0.1) is 0 Å². The summed E-state index contributed by atoms with van der Waals surface area (Å²) in [5.41, 5.74) is 0. The molecule has 1 fully saturated rings. The van der Waals surface area contributed by atoms with Crippen molar-refractivity contribution in [2.75, 3.05) is 19.6 Å². The second-order valence-electron chi connectivity index (χ2n) is 2.12. The summed E-state index contributed by atoms with van der Waals surface area (Å²) in [4.78, 5) is 21.6. The van der Waals surface area contributed by atoms with Gasteiger partial charge in [-0.1, -0.05) is 0 Å². The van der Waals surface area contributed by atoms with Crippen LogP contribution in [0.4, 0.5) is 0 Å². The van der Waals surface area contributed by atoms with E-state index in [0.29, 0.717) is 13.1 Å². The average Bonchev–Trinajstić information content (AvgIpc) is 2.04. The van der Waals surface area contributed by atoms with Gasteiger partial charge in [-0.25, -0.2) is 0 Å². The van der Waals surface area contributed by atoms with Crippen LogP contribution in [0.2, 0.25) is 0 Å². The Kier molecular flexibility index (Phi) is 2.39. The van der Waals surface area contributed by atoms with Crippen molar-refractivity contribution in [2.24, 2.45) is 0 Å². The molecule has 1 aliphatic heterocycles. The van der Waals surface area contributed by atoms with Crippen LogP contribution in [0.5, 0.6) is 0 Å². The highest BCUT2D eigenvalue weighted by Crippen LogP contribution is 1.95. The number of rotatable bonds is 2. The van der Waals surface area contributed by atoms with E-state index in [1.165, 1.54) is 4.90 Å². The Morgan fingerprint density at radius 3 is 2.80 bits per heavy atom. The summed E-state index contributed by atoms with van der Waals surface area (Å²) >= 11 is 0. The zero-order valence-electron chi connectivity index (χ0n) is 5.46. The van der Waals surface area contributed by atoms with Gasteiger partial charge in [0, 0.05) is 19.6 Å². The van der Waals surface area contributed by atoms with Gasteiger partial charge in [0.1, 0.15) is 6.04 Å². The maximum Gasteiger partial charge on any atom is 0.312 e. The van der Waals surface area contributed by atoms with E-state index in [1.807, 2.05) is 0 Å². The minimum atomic E-state index is -0.439. The number of nitrogens with one attached hydrogen (secondary N) is 1. The summed E-state index contributed by atoms with van der Waals surface area (Å²) in [6.07, 6.45) is 3.44. The minimum absolute atomic E-state index is 0.439. The number of nitrogens with zero attached hydrogens (tertiary/aromatic N) is 1. The van der Waals surface area contributed by atoms with Crippen molar-refractivity contribution in [3.63, 3.8) is 0 Å². The zero-order chi connectivity index (χ0) is 7.40. The van der Waals surface area contributed by atoms with Gasteiger partial charge < -0.3 is 10.2 Å². The van der Waals surface area contributed by atoms with E-state index in [9.17, 15) is 9.59 Å². The van der Waals surface area contributed by atoms with Crippen molar-refractivity contribution in [1.29, 1.82) is 0 Å². The Morgan fingerprint density at radius 2 is 2.30 bits per heavy atom. The molecule has 1 rings (SSSR count). The molecule has 0 aromatic heterocycles. The quantitative estimate of drug-likeness (QED) is 0.504. The molecule has 10 heavy (non-hydrogen) atoms. The summed E-state index contributed by atoms with van der Waals surface area (Å²) < 4.78 is 0. The van der Waals surface area contributed by atoms with Crippen LogP contribution in [0.3, 0.4) is 0 Å². The fraction of sp³-hybridized carbons (Fsp3) is 0.667. The van der Waals surface area contributed by atoms with Gasteiger partial charge in [0.05, 0.1) is 0 Å². The molecule has 1 aliphatic rings. The van der Waals surface area contributed by atoms with Crippen molar-refractivity contribution >= 4 is 12.7 Å². The topological polar surface area (TPSA) is 49.4 Å². The summed E-state index contributed by atoms with van der Waals surface area (Å²) in [6, 6.07) is -0.439. The molecule has 4 nitrogen and oxygen atoms in total. The van der Waals surface area contributed by atoms with Crippen LogP contribution in [-0.4, -0.2) is 43.3 Å². The first-order valence-corrected chi connectivity index (χ1v) is 3.11. The SMILES string of the molecule is O=[C]C1CNCCN1[C]=O. The number of hydrogen-bond acceptors (Lipinski definition) is 3. The second kappa shape index (κ2) is 3.31. The van der Waals surface area contributed by atoms with E-state index in [4.69, 9.17) is 0 Å². The Labute approximate surface area is 59.2 Å². The first-order valence-electron chi connectivity index (χ1n) is 3.11. The molecule has 2 radical (unpaired) electrons. The standard InChI is InChI=1S/C6H8N2O2/c9-4-6-3-7-1-2-8(6)5-10/h6-7H,1-3H2. The van der Waals surface area contributed by atoms with Crippen LogP contribution in [0.25, 0.3) is 0 Å². The van der Waals surface area contributed by atoms with E-state index in [2.05, 4.69) is 5.32 Å². The van der Waals surface area contributed by atoms with Crippen LogP contribution in [0.15, 0.2) is 0 Å². The first-order chi connectivity index (χ1) is 4.88. The summed E-state index contributed by atoms with van der Waals surface area (Å²) in [6.45, 7) is 1.77. The average molecular weight is 140 g/mol. The molecular formula is C6H8N2O2. The van der Waals surface area contributed by atoms with Gasteiger partial charge in [0.25, 0.3) is 0 Å². The summed E-state index contributed by atoms with van der Waals surface area (Å²) in [5, 5.41) is 2.97. The van der Waals surface area contributed by atoms with Crippen LogP contribution >= 0.6 is 0 Å². The predicted molar refractivity (Wildman–Crippen MR) is 34.8 cm³/mol. The Hall–Kier alpha value is -0.900. The minimum Gasteiger partial charge on any atom is -0.321 e. The predicted octanol–water partition coefficient (Wildman–Crippen LogP) is -1.56. The molecule has 0 aliphatic carbocycles. The molecule has 1 atom stereocenters. The normalized spacial score (nSPS) is 26.0. The number of hydrogen-bond donors (Lipinski definition) is 1. The van der Waals surface area contributed by atoms with Gasteiger partial charge in [0.15, 0.2) is 0 Å². The lowest BCUT2D eigenvalue weighted by Crippen LogP contribution is -2.51. The van der Waals surface area contributed by atoms with Crippen LogP contribution < -0.4 is 5.32 Å². The number of carbonyl (C=O) groups excluding carboxylic acids is 2. The molecule has 1 saturated heterocycles. The maximum atomic E-state index is 10.1. The molecule has 1 unspecified atom stereocenters. The van der Waals surface area contributed by atoms with Gasteiger partial charge in [-0.2, -0.15) is 0 Å². The third kappa shape index (κ3) is 1.33. The van der Waals surface area contributed by atoms with E-state index in [1.54, 1.807) is 12.7 Å². The molecule has 1 heterocycles. The second-order valence-corrected chi connectivity index (χ2v) is 2.12. The smallest absolute Gasteiger partial charge is 0.312 e. The molecule has 1 N–H and O–H groups in total. The van der Waals surface area contributed by atoms with E-state index in [-0.39, 0.29) is 0 Å². The van der Waals surface area contributed by atoms with Crippen molar-refractivity contribution < 1.29 is 9.59 Å². The van der Waals surface area contributed by atoms with Crippen molar-refractivity contribution in [2.45, 2.75) is 6.04 Å². The molecule has 0 bridgehead atoms. The summed E-state index contributed by atoms with van der Waals surface area (Å²) in [5.74, 6) is 0. The fourth-order valence-electron chi connectivity index (χ4n) is 0.919. The first kappa shape index (κ1) is 7.21. The summed E-state index contributed by atoms with van der Waals surface area (Å²) in [7, 11) is 0. The van der Waals surface area contributed by atoms with E-state index >= 15 is 0 Å². The molecule has 4 heteroatoms. The van der Waals surface area contributed by atoms with Gasteiger partial charge in [0.2, 0.25) is 6.29 Å². The monoisotopic (exact) mass is 140 g/mol. The van der Waals surface area contributed by atoms with Gasteiger partial charge in [-0.05, 0) is 0 Å². The molecular weight excluding hydrogens is 132 g/mol. The Bertz CT molecular complexity index is 122. The van der Waals surface area contributed by atoms with Crippen molar-refractivity contribution in [1.82, 2.24) is 10.2 Å². The third-order valence-corrected chi connectivity index (χ3v) is 1.50. The number of amides is 1. The van der Waals surface area contributed by atoms with Crippen LogP contribution in [0.1, 0.15) is 0 Å². The van der Waals surface area contributed by atoms with Gasteiger partial charge >= 0.3 is 6.41 Å². The maximum absolute atomic E-state index is 10.1. The van der Waals surface area contributed by atoms with Gasteiger partial charge in [-0.3, -0.25) is 9.59 Å². The van der Waals surface area contributed by atoms with E-state index < -0.39 is 6.04 Å². The third-order valence-electron chi connectivity index (χ3n) is 1.50. The molecule has 0 spiro atoms. The zero-order valence-corrected chi connectivity index (χ0v) is 5.46.